The van der Waals surface area contributed by atoms with Crippen LogP contribution in [-0.4, -0.2) is 25.1 Å². The molecule has 0 aliphatic carbocycles. The molecule has 26 heavy (non-hydrogen) atoms. The molecule has 0 saturated heterocycles. The molecule has 1 amide bonds. The number of carbonyl (C=O) groups excluding carboxylic acids is 2. The zero-order chi connectivity index (χ0) is 18.5. The van der Waals surface area contributed by atoms with Gasteiger partial charge in [0.1, 0.15) is 5.75 Å². The zero-order valence-corrected chi connectivity index (χ0v) is 14.6. The van der Waals surface area contributed by atoms with Gasteiger partial charge in [0, 0.05) is 11.1 Å². The van der Waals surface area contributed by atoms with Gasteiger partial charge in [-0.05, 0) is 42.6 Å². The maximum absolute atomic E-state index is 12.4. The normalized spacial score (nSPS) is 11.6. The molecular formula is C21H19NO4. The summed E-state index contributed by atoms with van der Waals surface area (Å²) in [5.41, 5.74) is 1.00. The Morgan fingerprint density at radius 3 is 2.35 bits per heavy atom. The second kappa shape index (κ2) is 7.70. The van der Waals surface area contributed by atoms with Crippen LogP contribution in [0.2, 0.25) is 0 Å². The topological polar surface area (TPSA) is 64.6 Å². The summed E-state index contributed by atoms with van der Waals surface area (Å²) >= 11 is 0. The Labute approximate surface area is 151 Å². The number of rotatable bonds is 5. The van der Waals surface area contributed by atoms with Gasteiger partial charge in [0.2, 0.25) is 0 Å². The number of amides is 1. The lowest BCUT2D eigenvalue weighted by atomic mass is 10.1. The first-order valence-corrected chi connectivity index (χ1v) is 8.22. The molecule has 132 valence electrons. The summed E-state index contributed by atoms with van der Waals surface area (Å²) in [4.78, 5) is 23.8. The van der Waals surface area contributed by atoms with Crippen LogP contribution in [0.3, 0.4) is 0 Å². The van der Waals surface area contributed by atoms with Crippen LogP contribution in [-0.2, 0) is 9.53 Å². The van der Waals surface area contributed by atoms with Crippen molar-refractivity contribution < 1.29 is 19.1 Å². The molecule has 0 saturated carbocycles. The third-order valence-electron chi connectivity index (χ3n) is 4.00. The highest BCUT2D eigenvalue weighted by Crippen LogP contribution is 2.26. The molecule has 1 atom stereocenters. The predicted molar refractivity (Wildman–Crippen MR) is 100 cm³/mol. The molecule has 0 radical (unpaired) electrons. The van der Waals surface area contributed by atoms with E-state index in [-0.39, 0.29) is 5.91 Å². The van der Waals surface area contributed by atoms with Crippen LogP contribution in [0.1, 0.15) is 17.3 Å². The fourth-order valence-electron chi connectivity index (χ4n) is 2.59. The SMILES string of the molecule is COC(=O)c1ccc(NC(=O)[C@H](C)Oc2cccc3ccccc23)cc1. The van der Waals surface area contributed by atoms with Crippen LogP contribution < -0.4 is 10.1 Å². The highest BCUT2D eigenvalue weighted by molar-refractivity contribution is 5.96. The summed E-state index contributed by atoms with van der Waals surface area (Å²) in [6, 6.07) is 20.1. The lowest BCUT2D eigenvalue weighted by molar-refractivity contribution is -0.122. The summed E-state index contributed by atoms with van der Waals surface area (Å²) < 4.78 is 10.5. The van der Waals surface area contributed by atoms with Crippen molar-refractivity contribution in [1.82, 2.24) is 0 Å². The monoisotopic (exact) mass is 349 g/mol. The van der Waals surface area contributed by atoms with Crippen LogP contribution in [0.5, 0.6) is 5.75 Å². The van der Waals surface area contributed by atoms with Crippen LogP contribution in [0.25, 0.3) is 10.8 Å². The van der Waals surface area contributed by atoms with Crippen molar-refractivity contribution in [3.05, 3.63) is 72.3 Å². The van der Waals surface area contributed by atoms with E-state index in [1.165, 1.54) is 7.11 Å². The molecule has 5 nitrogen and oxygen atoms in total. The van der Waals surface area contributed by atoms with E-state index >= 15 is 0 Å². The average Bonchev–Trinajstić information content (AvgIpc) is 2.68. The molecule has 0 aromatic heterocycles. The molecule has 0 fully saturated rings. The average molecular weight is 349 g/mol. The zero-order valence-electron chi connectivity index (χ0n) is 14.6. The summed E-state index contributed by atoms with van der Waals surface area (Å²) in [6.45, 7) is 1.69. The number of ether oxygens (including phenoxy) is 2. The van der Waals surface area contributed by atoms with Crippen LogP contribution >= 0.6 is 0 Å². The molecule has 3 aromatic carbocycles. The smallest absolute Gasteiger partial charge is 0.337 e. The molecule has 0 spiro atoms. The summed E-state index contributed by atoms with van der Waals surface area (Å²) in [5, 5.41) is 4.79. The molecule has 0 bridgehead atoms. The van der Waals surface area contributed by atoms with Gasteiger partial charge in [-0.2, -0.15) is 0 Å². The largest absolute Gasteiger partial charge is 0.480 e. The second-order valence-electron chi connectivity index (χ2n) is 5.80. The van der Waals surface area contributed by atoms with Gasteiger partial charge in [0.25, 0.3) is 5.91 Å². The van der Waals surface area contributed by atoms with Gasteiger partial charge >= 0.3 is 5.97 Å². The van der Waals surface area contributed by atoms with Crippen molar-refractivity contribution in [3.8, 4) is 5.75 Å². The minimum Gasteiger partial charge on any atom is -0.480 e. The molecule has 0 unspecified atom stereocenters. The molecule has 3 aromatic rings. The van der Waals surface area contributed by atoms with Gasteiger partial charge in [0.15, 0.2) is 6.10 Å². The van der Waals surface area contributed by atoms with Gasteiger partial charge in [0.05, 0.1) is 12.7 Å². The number of hydrogen-bond donors (Lipinski definition) is 1. The van der Waals surface area contributed by atoms with Crippen LogP contribution in [0, 0.1) is 0 Å². The highest BCUT2D eigenvalue weighted by atomic mass is 16.5. The minimum atomic E-state index is -0.680. The minimum absolute atomic E-state index is 0.274. The number of carbonyl (C=O) groups is 2. The number of esters is 1. The number of anilines is 1. The maximum Gasteiger partial charge on any atom is 0.337 e. The van der Waals surface area contributed by atoms with Crippen LogP contribution in [0.15, 0.2) is 66.7 Å². The molecule has 3 rings (SSSR count). The number of hydrogen-bond acceptors (Lipinski definition) is 4. The molecule has 0 heterocycles. The standard InChI is InChI=1S/C21H19NO4/c1-14(26-19-9-5-7-15-6-3-4-8-18(15)19)20(23)22-17-12-10-16(11-13-17)21(24)25-2/h3-14H,1-2H3,(H,22,23)/t14-/m0/s1. The van der Waals surface area contributed by atoms with Crippen molar-refractivity contribution in [1.29, 1.82) is 0 Å². The molecule has 1 N–H and O–H groups in total. The van der Waals surface area contributed by atoms with E-state index in [9.17, 15) is 9.59 Å². The van der Waals surface area contributed by atoms with Gasteiger partial charge in [-0.15, -0.1) is 0 Å². The fourth-order valence-corrected chi connectivity index (χ4v) is 2.59. The number of benzene rings is 3. The Hall–Kier alpha value is -3.34. The fraction of sp³-hybridized carbons (Fsp3) is 0.143. The Kier molecular flexibility index (Phi) is 5.17. The number of nitrogens with one attached hydrogen (secondary N) is 1. The van der Waals surface area contributed by atoms with Gasteiger partial charge < -0.3 is 14.8 Å². The molecule has 0 aliphatic heterocycles. The van der Waals surface area contributed by atoms with E-state index in [1.54, 1.807) is 31.2 Å². The molecule has 5 heteroatoms. The van der Waals surface area contributed by atoms with Crippen molar-refractivity contribution in [2.45, 2.75) is 13.0 Å². The van der Waals surface area contributed by atoms with E-state index in [2.05, 4.69) is 10.1 Å². The van der Waals surface area contributed by atoms with E-state index in [1.807, 2.05) is 42.5 Å². The third kappa shape index (κ3) is 3.83. The Morgan fingerprint density at radius 1 is 0.923 bits per heavy atom. The summed E-state index contributed by atoms with van der Waals surface area (Å²) in [6.07, 6.45) is -0.680. The Balaban J connectivity index is 1.69. The van der Waals surface area contributed by atoms with Crippen LogP contribution in [0.4, 0.5) is 5.69 Å². The van der Waals surface area contributed by atoms with E-state index in [0.717, 1.165) is 10.8 Å². The van der Waals surface area contributed by atoms with Gasteiger partial charge in [-0.1, -0.05) is 36.4 Å². The first-order valence-electron chi connectivity index (χ1n) is 8.22. The molecular weight excluding hydrogens is 330 g/mol. The Morgan fingerprint density at radius 2 is 1.62 bits per heavy atom. The first-order chi connectivity index (χ1) is 12.6. The lowest BCUT2D eigenvalue weighted by Gasteiger charge is -2.16. The number of fused-ring (bicyclic) bond motifs is 1. The van der Waals surface area contributed by atoms with Gasteiger partial charge in [-0.3, -0.25) is 4.79 Å². The van der Waals surface area contributed by atoms with E-state index in [0.29, 0.717) is 17.0 Å². The highest BCUT2D eigenvalue weighted by Gasteiger charge is 2.16. The van der Waals surface area contributed by atoms with Gasteiger partial charge in [-0.25, -0.2) is 4.79 Å². The summed E-state index contributed by atoms with van der Waals surface area (Å²) in [7, 11) is 1.32. The first kappa shape index (κ1) is 17.5. The van der Waals surface area contributed by atoms with Crippen molar-refractivity contribution in [2.75, 3.05) is 12.4 Å². The lowest BCUT2D eigenvalue weighted by Crippen LogP contribution is -2.30. The Bertz CT molecular complexity index is 929. The summed E-state index contributed by atoms with van der Waals surface area (Å²) in [5.74, 6) is -0.0360. The van der Waals surface area contributed by atoms with Crippen molar-refractivity contribution >= 4 is 28.3 Å². The van der Waals surface area contributed by atoms with E-state index in [4.69, 9.17) is 4.74 Å². The predicted octanol–water partition coefficient (Wildman–Crippen LogP) is 4.03. The quantitative estimate of drug-likeness (QED) is 0.706. The molecule has 0 aliphatic rings. The maximum atomic E-state index is 12.4. The second-order valence-corrected chi connectivity index (χ2v) is 5.80. The van der Waals surface area contributed by atoms with Crippen molar-refractivity contribution in [3.63, 3.8) is 0 Å². The third-order valence-corrected chi connectivity index (χ3v) is 4.00. The van der Waals surface area contributed by atoms with Crippen molar-refractivity contribution in [2.24, 2.45) is 0 Å². The van der Waals surface area contributed by atoms with E-state index < -0.39 is 12.1 Å². The number of methoxy groups -OCH3 is 1.